The Hall–Kier alpha value is -3.80. The maximum Gasteiger partial charge on any atom is 0.316 e. The van der Waals surface area contributed by atoms with Crippen molar-refractivity contribution in [2.75, 3.05) is 12.4 Å². The van der Waals surface area contributed by atoms with Crippen LogP contribution < -0.4 is 15.6 Å². The number of aryl methyl sites for hydroxylation is 2. The van der Waals surface area contributed by atoms with Gasteiger partial charge in [-0.3, -0.25) is 4.79 Å². The zero-order chi connectivity index (χ0) is 21.1. The minimum atomic E-state index is -0.417. The van der Waals surface area contributed by atoms with E-state index >= 15 is 0 Å². The molecule has 0 spiro atoms. The van der Waals surface area contributed by atoms with Gasteiger partial charge in [0.1, 0.15) is 11.5 Å². The standard InChI is InChI=1S/C24H23N3O3/c1-16-9-11-19(21-12-10-17(2)30-21)13-20(16)25-24-26-23(28)22(29-3)15-27(24)14-18-7-5-4-6-8-18/h4-13,15H,14H2,1-3H3,(H,25,26,28). The van der Waals surface area contributed by atoms with Crippen molar-refractivity contribution in [2.45, 2.75) is 20.4 Å². The van der Waals surface area contributed by atoms with Crippen LogP contribution in [0, 0.1) is 13.8 Å². The van der Waals surface area contributed by atoms with Crippen LogP contribution in [-0.2, 0) is 6.54 Å². The molecule has 6 nitrogen and oxygen atoms in total. The minimum absolute atomic E-state index is 0.202. The smallest absolute Gasteiger partial charge is 0.316 e. The minimum Gasteiger partial charge on any atom is -0.490 e. The van der Waals surface area contributed by atoms with Gasteiger partial charge in [0.2, 0.25) is 11.7 Å². The highest BCUT2D eigenvalue weighted by atomic mass is 16.5. The van der Waals surface area contributed by atoms with Crippen LogP contribution in [-0.4, -0.2) is 16.7 Å². The van der Waals surface area contributed by atoms with Crippen molar-refractivity contribution in [2.24, 2.45) is 0 Å². The van der Waals surface area contributed by atoms with Crippen LogP contribution in [0.3, 0.4) is 0 Å². The number of rotatable bonds is 6. The van der Waals surface area contributed by atoms with E-state index in [4.69, 9.17) is 9.15 Å². The van der Waals surface area contributed by atoms with Crippen LogP contribution in [0.25, 0.3) is 11.3 Å². The molecule has 2 aromatic heterocycles. The van der Waals surface area contributed by atoms with Crippen LogP contribution in [0.15, 0.2) is 76.1 Å². The van der Waals surface area contributed by atoms with Gasteiger partial charge in [-0.15, -0.1) is 0 Å². The average Bonchev–Trinajstić information content (AvgIpc) is 3.18. The van der Waals surface area contributed by atoms with E-state index in [9.17, 15) is 4.79 Å². The Morgan fingerprint density at radius 1 is 1.07 bits per heavy atom. The number of furan rings is 1. The van der Waals surface area contributed by atoms with E-state index in [1.54, 1.807) is 6.20 Å². The number of nitrogens with one attached hydrogen (secondary N) is 1. The fraction of sp³-hybridized carbons (Fsp3) is 0.167. The number of aromatic nitrogens is 2. The quantitative estimate of drug-likeness (QED) is 0.497. The molecular formula is C24H23N3O3. The predicted octanol–water partition coefficient (Wildman–Crippen LogP) is 4.92. The summed E-state index contributed by atoms with van der Waals surface area (Å²) in [5.74, 6) is 2.29. The maximum atomic E-state index is 12.3. The first kappa shape index (κ1) is 19.5. The maximum absolute atomic E-state index is 12.3. The lowest BCUT2D eigenvalue weighted by molar-refractivity contribution is 0.402. The molecule has 2 heterocycles. The molecule has 30 heavy (non-hydrogen) atoms. The topological polar surface area (TPSA) is 69.3 Å². The number of ether oxygens (including phenoxy) is 1. The van der Waals surface area contributed by atoms with Crippen LogP contribution in [0.5, 0.6) is 5.75 Å². The first-order chi connectivity index (χ1) is 14.5. The summed E-state index contributed by atoms with van der Waals surface area (Å²) in [6.45, 7) is 4.46. The molecule has 0 saturated heterocycles. The predicted molar refractivity (Wildman–Crippen MR) is 117 cm³/mol. The summed E-state index contributed by atoms with van der Waals surface area (Å²) in [4.78, 5) is 16.6. The van der Waals surface area contributed by atoms with Crippen molar-refractivity contribution >= 4 is 11.6 Å². The van der Waals surface area contributed by atoms with Gasteiger partial charge in [0.25, 0.3) is 0 Å². The van der Waals surface area contributed by atoms with E-state index < -0.39 is 5.56 Å². The van der Waals surface area contributed by atoms with Crippen molar-refractivity contribution in [3.63, 3.8) is 0 Å². The van der Waals surface area contributed by atoms with Gasteiger partial charge in [-0.05, 0) is 43.2 Å². The molecule has 0 radical (unpaired) electrons. The molecule has 152 valence electrons. The zero-order valence-corrected chi connectivity index (χ0v) is 17.2. The second kappa shape index (κ2) is 8.29. The SMILES string of the molecule is COc1cn(Cc2ccccc2)c(Nc2cc(-c3ccc(C)o3)ccc2C)nc1=O. The number of hydrogen-bond acceptors (Lipinski definition) is 5. The van der Waals surface area contributed by atoms with Gasteiger partial charge in [0, 0.05) is 11.3 Å². The summed E-state index contributed by atoms with van der Waals surface area (Å²) >= 11 is 0. The highest BCUT2D eigenvalue weighted by Gasteiger charge is 2.12. The van der Waals surface area contributed by atoms with E-state index in [-0.39, 0.29) is 5.75 Å². The lowest BCUT2D eigenvalue weighted by atomic mass is 10.1. The summed E-state index contributed by atoms with van der Waals surface area (Å²) in [5.41, 5.74) is 3.49. The largest absolute Gasteiger partial charge is 0.490 e. The molecule has 1 N–H and O–H groups in total. The summed E-state index contributed by atoms with van der Waals surface area (Å²) in [6, 6.07) is 19.9. The van der Waals surface area contributed by atoms with Gasteiger partial charge >= 0.3 is 5.56 Å². The number of anilines is 2. The molecule has 4 rings (SSSR count). The molecule has 0 aliphatic heterocycles. The lowest BCUT2D eigenvalue weighted by Gasteiger charge is -2.17. The van der Waals surface area contributed by atoms with Crippen molar-refractivity contribution in [3.05, 3.63) is 94.1 Å². The van der Waals surface area contributed by atoms with Crippen molar-refractivity contribution < 1.29 is 9.15 Å². The number of hydrogen-bond donors (Lipinski definition) is 1. The van der Waals surface area contributed by atoms with Gasteiger partial charge in [-0.1, -0.05) is 42.5 Å². The Morgan fingerprint density at radius 2 is 1.87 bits per heavy atom. The third kappa shape index (κ3) is 4.12. The van der Waals surface area contributed by atoms with Gasteiger partial charge in [0.15, 0.2) is 0 Å². The van der Waals surface area contributed by atoms with Crippen LogP contribution in [0.4, 0.5) is 11.6 Å². The number of nitrogens with zero attached hydrogens (tertiary/aromatic N) is 2. The fourth-order valence-electron chi connectivity index (χ4n) is 3.23. The molecule has 0 atom stereocenters. The van der Waals surface area contributed by atoms with Gasteiger partial charge in [-0.25, -0.2) is 0 Å². The van der Waals surface area contributed by atoms with E-state index in [1.807, 2.05) is 79.1 Å². The highest BCUT2D eigenvalue weighted by molar-refractivity contribution is 5.69. The molecule has 4 aromatic rings. The van der Waals surface area contributed by atoms with Crippen molar-refractivity contribution in [1.29, 1.82) is 0 Å². The van der Waals surface area contributed by atoms with E-state index in [2.05, 4.69) is 10.3 Å². The molecule has 0 amide bonds. The number of methoxy groups -OCH3 is 1. The third-order valence-electron chi connectivity index (χ3n) is 4.89. The Bertz CT molecular complexity index is 1230. The monoisotopic (exact) mass is 401 g/mol. The lowest BCUT2D eigenvalue weighted by Crippen LogP contribution is -2.19. The van der Waals surface area contributed by atoms with E-state index in [0.717, 1.165) is 33.9 Å². The Kier molecular flexibility index (Phi) is 5.39. The summed E-state index contributed by atoms with van der Waals surface area (Å²) in [6.07, 6.45) is 1.68. The highest BCUT2D eigenvalue weighted by Crippen LogP contribution is 2.28. The Balaban J connectivity index is 1.73. The number of benzene rings is 2. The summed E-state index contributed by atoms with van der Waals surface area (Å²) in [5, 5.41) is 3.32. The Morgan fingerprint density at radius 3 is 2.57 bits per heavy atom. The first-order valence-electron chi connectivity index (χ1n) is 9.67. The molecule has 0 fully saturated rings. The van der Waals surface area contributed by atoms with Crippen LogP contribution in [0.1, 0.15) is 16.9 Å². The fourth-order valence-corrected chi connectivity index (χ4v) is 3.23. The van der Waals surface area contributed by atoms with Crippen LogP contribution in [0.2, 0.25) is 0 Å². The molecule has 0 saturated carbocycles. The molecule has 2 aromatic carbocycles. The molecular weight excluding hydrogens is 378 g/mol. The van der Waals surface area contributed by atoms with Gasteiger partial charge in [0.05, 0.1) is 19.9 Å². The molecule has 0 aliphatic rings. The molecule has 0 unspecified atom stereocenters. The summed E-state index contributed by atoms with van der Waals surface area (Å²) in [7, 11) is 1.47. The second-order valence-electron chi connectivity index (χ2n) is 7.12. The Labute approximate surface area is 174 Å². The van der Waals surface area contributed by atoms with Crippen LogP contribution >= 0.6 is 0 Å². The molecule has 0 bridgehead atoms. The van der Waals surface area contributed by atoms with Gasteiger partial charge < -0.3 is 19.0 Å². The average molecular weight is 401 g/mol. The second-order valence-corrected chi connectivity index (χ2v) is 7.12. The van der Waals surface area contributed by atoms with E-state index in [0.29, 0.717) is 12.5 Å². The van der Waals surface area contributed by atoms with Crippen molar-refractivity contribution in [1.82, 2.24) is 9.55 Å². The first-order valence-corrected chi connectivity index (χ1v) is 9.67. The molecule has 6 heteroatoms. The third-order valence-corrected chi connectivity index (χ3v) is 4.89. The summed E-state index contributed by atoms with van der Waals surface area (Å²) < 4.78 is 12.8. The normalized spacial score (nSPS) is 10.8. The van der Waals surface area contributed by atoms with Gasteiger partial charge in [-0.2, -0.15) is 4.98 Å². The zero-order valence-electron chi connectivity index (χ0n) is 17.2. The van der Waals surface area contributed by atoms with E-state index in [1.165, 1.54) is 7.11 Å². The van der Waals surface area contributed by atoms with Crippen molar-refractivity contribution in [3.8, 4) is 17.1 Å². The molecule has 0 aliphatic carbocycles.